The van der Waals surface area contributed by atoms with Gasteiger partial charge in [0.2, 0.25) is 5.60 Å². The number of amides is 3. The molecule has 280 valence electrons. The Hall–Kier alpha value is -6.16. The van der Waals surface area contributed by atoms with E-state index in [9.17, 15) is 44.4 Å². The Bertz CT molecular complexity index is 2040. The van der Waals surface area contributed by atoms with E-state index in [0.717, 1.165) is 22.3 Å². The molecule has 0 saturated carbocycles. The summed E-state index contributed by atoms with van der Waals surface area (Å²) in [5, 5.41) is 51.4. The molecule has 0 radical (unpaired) electrons. The average molecular weight is 772 g/mol. The van der Waals surface area contributed by atoms with Gasteiger partial charge in [0.05, 0.1) is 0 Å². The van der Waals surface area contributed by atoms with Gasteiger partial charge in [0.25, 0.3) is 29.9 Å². The van der Waals surface area contributed by atoms with Crippen molar-refractivity contribution in [1.82, 2.24) is 25.5 Å². The van der Waals surface area contributed by atoms with Gasteiger partial charge in [-0.25, -0.2) is 19.1 Å². The van der Waals surface area contributed by atoms with Crippen molar-refractivity contribution < 1.29 is 53.8 Å². The minimum absolute atomic E-state index is 0.0122. The number of thioether (sulfide) groups is 1. The average Bonchev–Trinajstić information content (AvgIpc) is 3.54. The van der Waals surface area contributed by atoms with Crippen LogP contribution in [-0.4, -0.2) is 107 Å². The Morgan fingerprint density at radius 2 is 1.91 bits per heavy atom. The number of fused-ring (bicyclic) bond motifs is 1. The molecular formula is C31H35N10O10S2+. The van der Waals surface area contributed by atoms with Gasteiger partial charge in [-0.1, -0.05) is 5.16 Å². The van der Waals surface area contributed by atoms with Crippen molar-refractivity contribution in [3.63, 3.8) is 0 Å². The van der Waals surface area contributed by atoms with Gasteiger partial charge in [0, 0.05) is 35.4 Å². The molecule has 3 aromatic rings. The van der Waals surface area contributed by atoms with Crippen molar-refractivity contribution in [2.45, 2.75) is 43.8 Å². The number of carboxylic acid groups (broad SMARTS) is 2. The fourth-order valence-electron chi connectivity index (χ4n) is 5.01. The van der Waals surface area contributed by atoms with Crippen molar-refractivity contribution in [1.29, 1.82) is 0 Å². The molecule has 53 heavy (non-hydrogen) atoms. The number of phenolic OH excluding ortho intramolecular Hbond substituents is 2. The molecule has 1 saturated heterocycles. The number of hydrogen-bond donors (Lipinski definition) is 9. The maximum Gasteiger partial charge on any atom is 0.352 e. The van der Waals surface area contributed by atoms with E-state index in [4.69, 9.17) is 16.3 Å². The van der Waals surface area contributed by atoms with Gasteiger partial charge < -0.3 is 52.7 Å². The van der Waals surface area contributed by atoms with Crippen molar-refractivity contribution in [2.75, 3.05) is 35.6 Å². The number of oxime groups is 1. The van der Waals surface area contributed by atoms with Crippen LogP contribution in [0.25, 0.3) is 0 Å². The summed E-state index contributed by atoms with van der Waals surface area (Å²) >= 11 is 2.23. The van der Waals surface area contributed by atoms with Gasteiger partial charge in [-0.15, -0.1) is 23.1 Å². The lowest BCUT2D eigenvalue weighted by molar-refractivity contribution is -0.691. The highest BCUT2D eigenvalue weighted by atomic mass is 32.2. The molecule has 11 N–H and O–H groups in total. The minimum Gasteiger partial charge on any atom is -0.504 e. The topological polar surface area (TPSA) is 309 Å². The Morgan fingerprint density at radius 3 is 2.57 bits per heavy atom. The Labute approximate surface area is 308 Å². The largest absolute Gasteiger partial charge is 0.504 e. The zero-order chi connectivity index (χ0) is 38.6. The normalized spacial score (nSPS) is 17.1. The summed E-state index contributed by atoms with van der Waals surface area (Å²) in [6, 6.07) is 2.60. The molecule has 1 unspecified atom stereocenters. The highest BCUT2D eigenvalue weighted by molar-refractivity contribution is 8.00. The second-order valence-corrected chi connectivity index (χ2v) is 14.1. The molecule has 1 fully saturated rings. The van der Waals surface area contributed by atoms with E-state index < -0.39 is 58.1 Å². The number of carbonyl (C=O) groups is 5. The molecule has 2 aliphatic heterocycles. The summed E-state index contributed by atoms with van der Waals surface area (Å²) in [7, 11) is 0. The summed E-state index contributed by atoms with van der Waals surface area (Å²) in [5.74, 6) is -5.12. The van der Waals surface area contributed by atoms with E-state index in [1.807, 2.05) is 0 Å². The van der Waals surface area contributed by atoms with Crippen molar-refractivity contribution >= 4 is 75.1 Å². The molecule has 0 bridgehead atoms. The molecule has 5 rings (SSSR count). The van der Waals surface area contributed by atoms with E-state index in [1.54, 1.807) is 10.8 Å². The van der Waals surface area contributed by atoms with Crippen molar-refractivity contribution in [3.8, 4) is 11.5 Å². The number of nitrogen functional groups attached to an aromatic ring is 2. The standard InChI is InChI=1S/C31H34N10O10S2/c1-31(2,29(49)50)51-39-20(17-12-53-30(33)37-17)25(45)38-21-26(46)41-22(28(47)48)15(11-52-27(21)41)9-40-10-16(23(32)36-13-40)34-6-3-7-35-24(44)14-4-5-18(42)19(43)8-14/h4-5,8,10,12-13,21,27,32,34H,3,6-7,9,11H2,1-2H3,(H8,33,35,37,38,39,42,43,44,45,47,48,49,50)/p+1/t21-,27?/m1/s1. The SMILES string of the molecule is CC(C)(O/N=C(\C(=O)N[C@@H]1C(=O)N2C(C(=O)O)=C(C[n+]3cnc(N)c(NCCCNC(=O)c4ccc(O)c(O)c4)c3)CSC12)c1csc(N)n1)C(=O)O. The number of nitrogens with two attached hydrogens (primary N) is 2. The predicted octanol–water partition coefficient (Wildman–Crippen LogP) is -0.344. The van der Waals surface area contributed by atoms with Gasteiger partial charge in [-0.2, -0.15) is 0 Å². The summed E-state index contributed by atoms with van der Waals surface area (Å²) in [6.45, 7) is 3.14. The molecule has 0 aliphatic carbocycles. The number of nitrogens with zero attached hydrogens (tertiary/aromatic N) is 5. The number of nitrogens with one attached hydrogen (secondary N) is 3. The lowest BCUT2D eigenvalue weighted by Crippen LogP contribution is -2.71. The van der Waals surface area contributed by atoms with Crippen LogP contribution in [0.5, 0.6) is 11.5 Å². The quantitative estimate of drug-likeness (QED) is 0.0238. The van der Waals surface area contributed by atoms with Gasteiger partial charge in [-0.05, 0) is 43.5 Å². The molecule has 22 heteroatoms. The van der Waals surface area contributed by atoms with Crippen LogP contribution in [0.2, 0.25) is 0 Å². The number of anilines is 3. The molecule has 2 atom stereocenters. The predicted molar refractivity (Wildman–Crippen MR) is 190 cm³/mol. The van der Waals surface area contributed by atoms with E-state index in [2.05, 4.69) is 31.1 Å². The number of hydrogen-bond acceptors (Lipinski definition) is 16. The van der Waals surface area contributed by atoms with Gasteiger partial charge in [-0.3, -0.25) is 19.3 Å². The molecule has 20 nitrogen and oxygen atoms in total. The first-order valence-electron chi connectivity index (χ1n) is 15.7. The Kier molecular flexibility index (Phi) is 11.2. The summed E-state index contributed by atoms with van der Waals surface area (Å²) in [6.07, 6.45) is 3.52. The number of aliphatic carboxylic acids is 2. The smallest absolute Gasteiger partial charge is 0.352 e. The fraction of sp³-hybridized carbons (Fsp3) is 0.323. The third-order valence-electron chi connectivity index (χ3n) is 7.88. The maximum absolute atomic E-state index is 13.4. The van der Waals surface area contributed by atoms with E-state index >= 15 is 0 Å². The fourth-order valence-corrected chi connectivity index (χ4v) is 6.89. The number of phenols is 2. The van der Waals surface area contributed by atoms with E-state index in [-0.39, 0.29) is 52.5 Å². The second kappa shape index (κ2) is 15.6. The van der Waals surface area contributed by atoms with Crippen LogP contribution in [0, 0.1) is 0 Å². The van der Waals surface area contributed by atoms with Gasteiger partial charge in [0.1, 0.15) is 41.2 Å². The Morgan fingerprint density at radius 1 is 1.15 bits per heavy atom. The lowest BCUT2D eigenvalue weighted by atomic mass is 10.0. The third kappa shape index (κ3) is 8.49. The van der Waals surface area contributed by atoms with Crippen molar-refractivity contribution in [2.24, 2.45) is 5.16 Å². The van der Waals surface area contributed by atoms with Crippen LogP contribution in [0.1, 0.15) is 36.3 Å². The number of aromatic nitrogens is 3. The monoisotopic (exact) mass is 771 g/mol. The van der Waals surface area contributed by atoms with E-state index in [1.165, 1.54) is 49.4 Å². The minimum atomic E-state index is -1.80. The maximum atomic E-state index is 13.4. The highest BCUT2D eigenvalue weighted by Crippen LogP contribution is 2.40. The van der Waals surface area contributed by atoms with Crippen LogP contribution in [0.15, 0.2) is 52.5 Å². The summed E-state index contributed by atoms with van der Waals surface area (Å²) < 4.78 is 1.60. The van der Waals surface area contributed by atoms with Crippen LogP contribution in [0.4, 0.5) is 16.6 Å². The van der Waals surface area contributed by atoms with Gasteiger partial charge >= 0.3 is 11.9 Å². The molecular weight excluding hydrogens is 737 g/mol. The molecule has 4 heterocycles. The third-order valence-corrected chi connectivity index (χ3v) is 9.89. The second-order valence-electron chi connectivity index (χ2n) is 12.1. The number of rotatable bonds is 15. The number of carbonyl (C=O) groups excluding carboxylic acids is 3. The number of benzene rings is 1. The summed E-state index contributed by atoms with van der Waals surface area (Å²) in [4.78, 5) is 77.4. The molecule has 1 aromatic carbocycles. The highest BCUT2D eigenvalue weighted by Gasteiger charge is 2.54. The first kappa shape index (κ1) is 38.1. The number of aromatic hydroxyl groups is 2. The zero-order valence-corrected chi connectivity index (χ0v) is 29.7. The van der Waals surface area contributed by atoms with Crippen LogP contribution < -0.4 is 32.0 Å². The van der Waals surface area contributed by atoms with Crippen molar-refractivity contribution in [3.05, 3.63) is 58.6 Å². The Balaban J connectivity index is 1.22. The van der Waals surface area contributed by atoms with Crippen LogP contribution >= 0.6 is 23.1 Å². The lowest BCUT2D eigenvalue weighted by Gasteiger charge is -2.49. The molecule has 0 spiro atoms. The number of β-lactam (4-membered cyclic amide) rings is 1. The van der Waals surface area contributed by atoms with Crippen LogP contribution in [-0.2, 0) is 30.6 Å². The zero-order valence-electron chi connectivity index (χ0n) is 28.1. The van der Waals surface area contributed by atoms with Crippen LogP contribution in [0.3, 0.4) is 0 Å². The number of carboxylic acids is 2. The number of thiazole rings is 1. The van der Waals surface area contributed by atoms with Gasteiger partial charge in [0.15, 0.2) is 22.3 Å². The molecule has 3 amide bonds. The molecule has 2 aromatic heterocycles. The van der Waals surface area contributed by atoms with E-state index in [0.29, 0.717) is 24.2 Å². The first-order chi connectivity index (χ1) is 25.1. The first-order valence-corrected chi connectivity index (χ1v) is 17.6. The summed E-state index contributed by atoms with van der Waals surface area (Å²) in [5.41, 5.74) is 10.3. The molecule has 2 aliphatic rings.